The molecule has 0 unspecified atom stereocenters. The van der Waals surface area contributed by atoms with Crippen LogP contribution >= 0.6 is 23.2 Å². The first-order chi connectivity index (χ1) is 7.72. The predicted molar refractivity (Wildman–Crippen MR) is 54.9 cm³/mol. The highest BCUT2D eigenvalue weighted by Crippen LogP contribution is 2.25. The van der Waals surface area contributed by atoms with Gasteiger partial charge in [0, 0.05) is 7.05 Å². The number of nitrogens with one attached hydrogen (secondary N) is 1. The van der Waals surface area contributed by atoms with Crippen molar-refractivity contribution in [3.63, 3.8) is 0 Å². The van der Waals surface area contributed by atoms with E-state index in [1.807, 2.05) is 0 Å². The zero-order chi connectivity index (χ0) is 13.2. The van der Waals surface area contributed by atoms with E-state index in [0.29, 0.717) is 0 Å². The minimum atomic E-state index is -4.52. The predicted octanol–water partition coefficient (Wildman–Crippen LogP) is 2.56. The summed E-state index contributed by atoms with van der Waals surface area (Å²) in [5, 5.41) is 0.225. The van der Waals surface area contributed by atoms with Gasteiger partial charge in [0.05, 0.1) is 5.02 Å². The topological polar surface area (TPSA) is 43.3 Å². The first kappa shape index (κ1) is 14.1. The quantitative estimate of drug-likeness (QED) is 0.870. The van der Waals surface area contributed by atoms with E-state index in [2.05, 4.69) is 4.84 Å². The van der Waals surface area contributed by atoms with Gasteiger partial charge in [0.15, 0.2) is 6.61 Å². The van der Waals surface area contributed by atoms with Gasteiger partial charge in [0.1, 0.15) is 10.8 Å². The van der Waals surface area contributed by atoms with Gasteiger partial charge in [-0.15, -0.1) is 0 Å². The van der Waals surface area contributed by atoms with E-state index in [1.165, 1.54) is 17.7 Å². The molecule has 0 saturated heterocycles. The second-order valence-corrected chi connectivity index (χ2v) is 3.83. The minimum Gasteiger partial charge on any atom is -0.329 e. The number of aromatic nitrogens is 1. The number of alkyl halides is 3. The molecule has 0 aliphatic heterocycles. The molecule has 0 radical (unpaired) electrons. The second kappa shape index (κ2) is 5.16. The van der Waals surface area contributed by atoms with Crippen LogP contribution < -0.4 is 5.48 Å². The normalized spacial score (nSPS) is 11.6. The molecule has 1 amide bonds. The summed E-state index contributed by atoms with van der Waals surface area (Å²) >= 11 is 11.3. The van der Waals surface area contributed by atoms with Crippen LogP contribution in [0.25, 0.3) is 0 Å². The average Bonchev–Trinajstić information content (AvgIpc) is 2.44. The number of rotatable bonds is 3. The Balaban J connectivity index is 2.62. The third-order valence-electron chi connectivity index (χ3n) is 1.75. The highest BCUT2D eigenvalue weighted by atomic mass is 35.5. The van der Waals surface area contributed by atoms with Crippen LogP contribution in [0.1, 0.15) is 10.5 Å². The first-order valence-electron chi connectivity index (χ1n) is 4.22. The van der Waals surface area contributed by atoms with Crippen LogP contribution in [0.15, 0.2) is 6.07 Å². The summed E-state index contributed by atoms with van der Waals surface area (Å²) in [7, 11) is 1.44. The third-order valence-corrected chi connectivity index (χ3v) is 2.59. The summed E-state index contributed by atoms with van der Waals surface area (Å²) in [5.41, 5.74) is 1.63. The van der Waals surface area contributed by atoms with E-state index in [0.717, 1.165) is 0 Å². The van der Waals surface area contributed by atoms with Gasteiger partial charge in [-0.1, -0.05) is 23.2 Å². The molecule has 0 aliphatic rings. The molecule has 96 valence electrons. The van der Waals surface area contributed by atoms with Crippen LogP contribution in [0, 0.1) is 0 Å². The number of hydrogen-bond donors (Lipinski definition) is 1. The monoisotopic (exact) mass is 290 g/mol. The van der Waals surface area contributed by atoms with Crippen molar-refractivity contribution in [3.8, 4) is 0 Å². The van der Waals surface area contributed by atoms with Crippen molar-refractivity contribution < 1.29 is 22.8 Å². The maximum Gasteiger partial charge on any atom is 0.414 e. The largest absolute Gasteiger partial charge is 0.414 e. The molecule has 0 bridgehead atoms. The van der Waals surface area contributed by atoms with E-state index < -0.39 is 18.7 Å². The number of hydrogen-bond acceptors (Lipinski definition) is 2. The van der Waals surface area contributed by atoms with Crippen LogP contribution in [-0.2, 0) is 11.9 Å². The molecule has 1 rings (SSSR count). The van der Waals surface area contributed by atoms with Gasteiger partial charge in [0.2, 0.25) is 0 Å². The number of carbonyl (C=O) groups is 1. The summed E-state index contributed by atoms with van der Waals surface area (Å²) in [6.07, 6.45) is -4.52. The molecule has 17 heavy (non-hydrogen) atoms. The van der Waals surface area contributed by atoms with Crippen LogP contribution in [0.2, 0.25) is 10.2 Å². The van der Waals surface area contributed by atoms with Crippen LogP contribution in [0.5, 0.6) is 0 Å². The lowest BCUT2D eigenvalue weighted by molar-refractivity contribution is -0.184. The maximum absolute atomic E-state index is 11.7. The fraction of sp³-hybridized carbons (Fsp3) is 0.375. The highest BCUT2D eigenvalue weighted by Gasteiger charge is 2.28. The lowest BCUT2D eigenvalue weighted by Gasteiger charge is -2.08. The summed E-state index contributed by atoms with van der Waals surface area (Å²) in [5.74, 6) is -0.870. The van der Waals surface area contributed by atoms with Crippen molar-refractivity contribution in [2.45, 2.75) is 6.18 Å². The molecular weight excluding hydrogens is 284 g/mol. The number of carbonyl (C=O) groups excluding carboxylic acids is 1. The average molecular weight is 291 g/mol. The van der Waals surface area contributed by atoms with E-state index in [-0.39, 0.29) is 15.9 Å². The Morgan fingerprint density at radius 3 is 2.53 bits per heavy atom. The molecule has 1 heterocycles. The molecule has 0 aliphatic carbocycles. The van der Waals surface area contributed by atoms with Gasteiger partial charge in [0.25, 0.3) is 5.91 Å². The van der Waals surface area contributed by atoms with E-state index in [9.17, 15) is 18.0 Å². The van der Waals surface area contributed by atoms with Crippen molar-refractivity contribution >= 4 is 29.1 Å². The molecule has 0 spiro atoms. The molecule has 0 fully saturated rings. The Kier molecular flexibility index (Phi) is 4.29. The fourth-order valence-corrected chi connectivity index (χ4v) is 1.37. The van der Waals surface area contributed by atoms with Crippen LogP contribution in [-0.4, -0.2) is 23.3 Å². The smallest absolute Gasteiger partial charge is 0.329 e. The van der Waals surface area contributed by atoms with Crippen LogP contribution in [0.3, 0.4) is 0 Å². The van der Waals surface area contributed by atoms with Gasteiger partial charge in [-0.3, -0.25) is 9.63 Å². The van der Waals surface area contributed by atoms with Gasteiger partial charge < -0.3 is 4.57 Å². The van der Waals surface area contributed by atoms with Crippen molar-refractivity contribution in [2.75, 3.05) is 6.61 Å². The lowest BCUT2D eigenvalue weighted by atomic mass is 10.4. The fourth-order valence-electron chi connectivity index (χ4n) is 0.996. The van der Waals surface area contributed by atoms with Crippen molar-refractivity contribution in [2.24, 2.45) is 7.05 Å². The van der Waals surface area contributed by atoms with E-state index in [1.54, 1.807) is 5.48 Å². The number of halogens is 5. The molecule has 0 atom stereocenters. The SMILES string of the molecule is Cn1c(C(=O)NOCC(F)(F)F)cc(Cl)c1Cl. The van der Waals surface area contributed by atoms with Crippen molar-refractivity contribution in [3.05, 3.63) is 21.9 Å². The van der Waals surface area contributed by atoms with Gasteiger partial charge in [-0.2, -0.15) is 13.2 Å². The maximum atomic E-state index is 11.7. The lowest BCUT2D eigenvalue weighted by Crippen LogP contribution is -2.30. The second-order valence-electron chi connectivity index (χ2n) is 3.06. The Morgan fingerprint density at radius 2 is 2.12 bits per heavy atom. The Hall–Kier alpha value is -0.920. The summed E-state index contributed by atoms with van der Waals surface area (Å²) < 4.78 is 36.4. The molecule has 1 aromatic rings. The number of amides is 1. The molecule has 0 saturated carbocycles. The Labute approximate surface area is 104 Å². The number of nitrogens with zero attached hydrogens (tertiary/aromatic N) is 1. The first-order valence-corrected chi connectivity index (χ1v) is 4.97. The van der Waals surface area contributed by atoms with Gasteiger partial charge in [-0.25, -0.2) is 5.48 Å². The van der Waals surface area contributed by atoms with Crippen LogP contribution in [0.4, 0.5) is 13.2 Å². The minimum absolute atomic E-state index is 0.0119. The molecule has 9 heteroatoms. The molecule has 1 N–H and O–H groups in total. The Morgan fingerprint density at radius 1 is 1.53 bits per heavy atom. The zero-order valence-electron chi connectivity index (χ0n) is 8.44. The van der Waals surface area contributed by atoms with Gasteiger partial charge in [-0.05, 0) is 6.07 Å². The van der Waals surface area contributed by atoms with E-state index in [4.69, 9.17) is 23.2 Å². The van der Waals surface area contributed by atoms with Crippen molar-refractivity contribution in [1.29, 1.82) is 0 Å². The molecular formula is C8H7Cl2F3N2O2. The molecule has 0 aromatic carbocycles. The summed E-state index contributed by atoms with van der Waals surface area (Å²) in [6, 6.07) is 1.22. The third kappa shape index (κ3) is 3.79. The number of hydroxylamine groups is 1. The molecule has 4 nitrogen and oxygen atoms in total. The van der Waals surface area contributed by atoms with Crippen molar-refractivity contribution in [1.82, 2.24) is 10.0 Å². The summed E-state index contributed by atoms with van der Waals surface area (Å²) in [6.45, 7) is -1.58. The highest BCUT2D eigenvalue weighted by molar-refractivity contribution is 6.41. The molecule has 1 aromatic heterocycles. The Bertz CT molecular complexity index is 431. The van der Waals surface area contributed by atoms with E-state index >= 15 is 0 Å². The van der Waals surface area contributed by atoms with Gasteiger partial charge >= 0.3 is 6.18 Å². The standard InChI is InChI=1S/C8H7Cl2F3N2O2/c1-15-5(2-4(9)6(15)10)7(16)14-17-3-8(11,12)13/h2H,3H2,1H3,(H,14,16). The zero-order valence-corrected chi connectivity index (χ0v) is 9.95. The summed E-state index contributed by atoms with van der Waals surface area (Å²) in [4.78, 5) is 15.4.